The van der Waals surface area contributed by atoms with Gasteiger partial charge in [-0.3, -0.25) is 4.99 Å². The molecule has 1 fully saturated rings. The number of rotatable bonds is 8. The first-order valence-electron chi connectivity index (χ1n) is 8.58. The smallest absolute Gasteiger partial charge is 0.191 e. The molecule has 0 aliphatic carbocycles. The van der Waals surface area contributed by atoms with Crippen molar-refractivity contribution in [1.82, 2.24) is 10.6 Å². The van der Waals surface area contributed by atoms with Gasteiger partial charge in [0.15, 0.2) is 5.96 Å². The van der Waals surface area contributed by atoms with Crippen molar-refractivity contribution >= 4 is 29.9 Å². The first kappa shape index (κ1) is 22.1. The van der Waals surface area contributed by atoms with Gasteiger partial charge in [0.2, 0.25) is 0 Å². The molecular weight excluding hydrogens is 436 g/mol. The quantitative estimate of drug-likeness (QED) is 0.268. The summed E-state index contributed by atoms with van der Waals surface area (Å²) in [5, 5.41) is 6.47. The molecular formula is C18H29FIN3O2. The van der Waals surface area contributed by atoms with Crippen LogP contribution in [-0.2, 0) is 16.0 Å². The highest BCUT2D eigenvalue weighted by atomic mass is 127. The second-order valence-corrected chi connectivity index (χ2v) is 6.00. The fraction of sp³-hybridized carbons (Fsp3) is 0.611. The molecule has 1 aliphatic heterocycles. The van der Waals surface area contributed by atoms with Gasteiger partial charge in [0.1, 0.15) is 5.82 Å². The van der Waals surface area contributed by atoms with E-state index in [4.69, 9.17) is 9.47 Å². The Morgan fingerprint density at radius 1 is 1.40 bits per heavy atom. The number of halogens is 2. The molecule has 0 bridgehead atoms. The van der Waals surface area contributed by atoms with Crippen molar-refractivity contribution in [3.63, 3.8) is 0 Å². The van der Waals surface area contributed by atoms with Crippen LogP contribution in [-0.4, -0.2) is 45.5 Å². The third-order valence-corrected chi connectivity index (χ3v) is 3.99. The normalized spacial score (nSPS) is 17.2. The van der Waals surface area contributed by atoms with Crippen LogP contribution in [0.1, 0.15) is 30.4 Å². The zero-order valence-corrected chi connectivity index (χ0v) is 17.3. The Morgan fingerprint density at radius 3 is 2.92 bits per heavy atom. The van der Waals surface area contributed by atoms with Crippen molar-refractivity contribution in [3.8, 4) is 0 Å². The van der Waals surface area contributed by atoms with E-state index in [0.29, 0.717) is 25.3 Å². The monoisotopic (exact) mass is 465 g/mol. The van der Waals surface area contributed by atoms with E-state index in [1.54, 1.807) is 20.0 Å². The van der Waals surface area contributed by atoms with E-state index in [-0.39, 0.29) is 35.9 Å². The van der Waals surface area contributed by atoms with Crippen molar-refractivity contribution in [2.75, 3.05) is 33.4 Å². The predicted molar refractivity (Wildman–Crippen MR) is 109 cm³/mol. The molecule has 1 aromatic carbocycles. The molecule has 142 valence electrons. The molecule has 0 saturated carbocycles. The number of hydrogen-bond acceptors (Lipinski definition) is 3. The van der Waals surface area contributed by atoms with E-state index in [1.165, 1.54) is 6.07 Å². The maximum atomic E-state index is 13.3. The number of hydrogen-bond donors (Lipinski definition) is 2. The van der Waals surface area contributed by atoms with Crippen molar-refractivity contribution in [1.29, 1.82) is 0 Å². The minimum absolute atomic E-state index is 0. The van der Waals surface area contributed by atoms with Crippen molar-refractivity contribution in [2.45, 2.75) is 38.8 Å². The Morgan fingerprint density at radius 2 is 2.24 bits per heavy atom. The van der Waals surface area contributed by atoms with Crippen molar-refractivity contribution in [3.05, 3.63) is 35.1 Å². The second kappa shape index (κ2) is 12.4. The maximum absolute atomic E-state index is 13.3. The molecule has 1 unspecified atom stereocenters. The van der Waals surface area contributed by atoms with Gasteiger partial charge in [0.05, 0.1) is 12.7 Å². The summed E-state index contributed by atoms with van der Waals surface area (Å²) in [5.41, 5.74) is 1.68. The van der Waals surface area contributed by atoms with Crippen molar-refractivity contribution < 1.29 is 13.9 Å². The van der Waals surface area contributed by atoms with E-state index >= 15 is 0 Å². The molecule has 1 aliphatic rings. The SMILES string of the molecule is CN=C(NCCCOCC1CCCO1)NCc1ccc(F)c(C)c1.I. The Balaban J connectivity index is 0.00000312. The Bertz CT molecular complexity index is 537. The lowest BCUT2D eigenvalue weighted by atomic mass is 10.1. The van der Waals surface area contributed by atoms with E-state index in [2.05, 4.69) is 15.6 Å². The minimum Gasteiger partial charge on any atom is -0.379 e. The lowest BCUT2D eigenvalue weighted by molar-refractivity contribution is 0.0168. The van der Waals surface area contributed by atoms with Gasteiger partial charge in [0, 0.05) is 33.4 Å². The van der Waals surface area contributed by atoms with Gasteiger partial charge >= 0.3 is 0 Å². The third-order valence-electron chi connectivity index (χ3n) is 3.99. The summed E-state index contributed by atoms with van der Waals surface area (Å²) in [4.78, 5) is 4.18. The van der Waals surface area contributed by atoms with Gasteiger partial charge in [-0.15, -0.1) is 24.0 Å². The number of guanidine groups is 1. The summed E-state index contributed by atoms with van der Waals surface area (Å²) in [6.07, 6.45) is 3.44. The zero-order valence-electron chi connectivity index (χ0n) is 15.0. The molecule has 1 heterocycles. The van der Waals surface area contributed by atoms with Gasteiger partial charge in [-0.25, -0.2) is 4.39 Å². The highest BCUT2D eigenvalue weighted by molar-refractivity contribution is 14.0. The molecule has 0 amide bonds. The van der Waals surface area contributed by atoms with Gasteiger partial charge in [0.25, 0.3) is 0 Å². The number of aliphatic imine (C=N–C) groups is 1. The summed E-state index contributed by atoms with van der Waals surface area (Å²) in [6, 6.07) is 5.12. The molecule has 5 nitrogen and oxygen atoms in total. The molecule has 0 radical (unpaired) electrons. The standard InChI is InChI=1S/C18H28FN3O2.HI/c1-14-11-15(6-7-17(14)19)12-22-18(20-2)21-8-4-9-23-13-16-5-3-10-24-16;/h6-7,11,16H,3-5,8-10,12-13H2,1-2H3,(H2,20,21,22);1H. The van der Waals surface area contributed by atoms with Gasteiger partial charge in [-0.1, -0.05) is 12.1 Å². The topological polar surface area (TPSA) is 54.9 Å². The van der Waals surface area contributed by atoms with Crippen molar-refractivity contribution in [2.24, 2.45) is 4.99 Å². The summed E-state index contributed by atoms with van der Waals surface area (Å²) in [7, 11) is 1.74. The third kappa shape index (κ3) is 8.33. The van der Waals surface area contributed by atoms with Crippen LogP contribution in [0.2, 0.25) is 0 Å². The van der Waals surface area contributed by atoms with Crippen LogP contribution in [0, 0.1) is 12.7 Å². The molecule has 7 heteroatoms. The van der Waals surface area contributed by atoms with Crippen LogP contribution in [0.5, 0.6) is 0 Å². The molecule has 25 heavy (non-hydrogen) atoms. The number of ether oxygens (including phenoxy) is 2. The fourth-order valence-electron chi connectivity index (χ4n) is 2.59. The first-order valence-corrected chi connectivity index (χ1v) is 8.58. The maximum Gasteiger partial charge on any atom is 0.191 e. The van der Waals surface area contributed by atoms with Crippen LogP contribution in [0.3, 0.4) is 0 Å². The lowest BCUT2D eigenvalue weighted by Gasteiger charge is -2.13. The largest absolute Gasteiger partial charge is 0.379 e. The predicted octanol–water partition coefficient (Wildman–Crippen LogP) is 3.00. The second-order valence-electron chi connectivity index (χ2n) is 6.00. The summed E-state index contributed by atoms with van der Waals surface area (Å²) < 4.78 is 24.4. The fourth-order valence-corrected chi connectivity index (χ4v) is 2.59. The average molecular weight is 465 g/mol. The molecule has 2 rings (SSSR count). The highest BCUT2D eigenvalue weighted by Crippen LogP contribution is 2.12. The lowest BCUT2D eigenvalue weighted by Crippen LogP contribution is -2.37. The van der Waals surface area contributed by atoms with E-state index in [9.17, 15) is 4.39 Å². The van der Waals surface area contributed by atoms with Gasteiger partial charge in [-0.2, -0.15) is 0 Å². The van der Waals surface area contributed by atoms with Crippen LogP contribution in [0.15, 0.2) is 23.2 Å². The van der Waals surface area contributed by atoms with Crippen LogP contribution in [0.4, 0.5) is 4.39 Å². The minimum atomic E-state index is -0.177. The average Bonchev–Trinajstić information content (AvgIpc) is 3.10. The van der Waals surface area contributed by atoms with Crippen LogP contribution < -0.4 is 10.6 Å². The van der Waals surface area contributed by atoms with Gasteiger partial charge in [-0.05, 0) is 43.4 Å². The molecule has 1 atom stereocenters. The number of benzene rings is 1. The highest BCUT2D eigenvalue weighted by Gasteiger charge is 2.14. The number of nitrogens with zero attached hydrogens (tertiary/aromatic N) is 1. The van der Waals surface area contributed by atoms with Gasteiger partial charge < -0.3 is 20.1 Å². The number of nitrogens with one attached hydrogen (secondary N) is 2. The Hall–Kier alpha value is -0.930. The summed E-state index contributed by atoms with van der Waals surface area (Å²) in [6.45, 7) is 5.43. The Labute approximate surface area is 166 Å². The van der Waals surface area contributed by atoms with Crippen LogP contribution in [0.25, 0.3) is 0 Å². The molecule has 2 N–H and O–H groups in total. The van der Waals surface area contributed by atoms with E-state index in [0.717, 1.165) is 43.9 Å². The number of aryl methyl sites for hydroxylation is 1. The Kier molecular flexibility index (Phi) is 11.0. The van der Waals surface area contributed by atoms with E-state index in [1.807, 2.05) is 6.07 Å². The summed E-state index contributed by atoms with van der Waals surface area (Å²) >= 11 is 0. The molecule has 1 aromatic rings. The first-order chi connectivity index (χ1) is 11.7. The molecule has 0 aromatic heterocycles. The zero-order chi connectivity index (χ0) is 17.2. The molecule has 1 saturated heterocycles. The van der Waals surface area contributed by atoms with E-state index < -0.39 is 0 Å². The molecule has 0 spiro atoms. The summed E-state index contributed by atoms with van der Waals surface area (Å²) in [5.74, 6) is 0.556. The van der Waals surface area contributed by atoms with Crippen LogP contribution >= 0.6 is 24.0 Å².